The third kappa shape index (κ3) is 4.96. The highest BCUT2D eigenvalue weighted by atomic mass is 32.2. The Morgan fingerprint density at radius 1 is 1.35 bits per heavy atom. The molecule has 1 aliphatic rings. The van der Waals surface area contributed by atoms with Gasteiger partial charge in [0.1, 0.15) is 10.8 Å². The Morgan fingerprint density at radius 3 is 2.65 bits per heavy atom. The van der Waals surface area contributed by atoms with Crippen molar-refractivity contribution in [3.63, 3.8) is 0 Å². The normalized spacial score (nSPS) is 14.6. The number of rotatable bonds is 7. The molecule has 0 aliphatic carbocycles. The standard InChI is InChI=1S/C17H19NO4S/c1-3-4-9-22-13-7-5-12(6-8-13)10-14(17(20)21-2)16-18-15(19)11-23-16/h5-8,10H,3-4,9,11H2,1-2H3. The van der Waals surface area contributed by atoms with Crippen molar-refractivity contribution in [2.24, 2.45) is 4.99 Å². The topological polar surface area (TPSA) is 65.0 Å². The molecule has 5 nitrogen and oxygen atoms in total. The molecule has 0 bridgehead atoms. The third-order valence-electron chi connectivity index (χ3n) is 3.15. The summed E-state index contributed by atoms with van der Waals surface area (Å²) in [6, 6.07) is 7.41. The molecule has 1 aromatic rings. The number of benzene rings is 1. The van der Waals surface area contributed by atoms with Gasteiger partial charge >= 0.3 is 5.97 Å². The molecule has 122 valence electrons. The molecule has 23 heavy (non-hydrogen) atoms. The Balaban J connectivity index is 2.17. The first-order valence-electron chi connectivity index (χ1n) is 7.41. The Morgan fingerprint density at radius 2 is 2.09 bits per heavy atom. The van der Waals surface area contributed by atoms with Gasteiger partial charge in [-0.05, 0) is 30.2 Å². The largest absolute Gasteiger partial charge is 0.494 e. The molecule has 2 rings (SSSR count). The zero-order valence-electron chi connectivity index (χ0n) is 13.2. The number of carbonyl (C=O) groups is 2. The first-order chi connectivity index (χ1) is 11.1. The molecule has 1 aliphatic heterocycles. The molecule has 0 unspecified atom stereocenters. The number of nitrogens with zero attached hydrogens (tertiary/aromatic N) is 1. The number of hydrogen-bond acceptors (Lipinski definition) is 5. The fraction of sp³-hybridized carbons (Fsp3) is 0.353. The molecule has 0 N–H and O–H groups in total. The zero-order valence-corrected chi connectivity index (χ0v) is 14.0. The van der Waals surface area contributed by atoms with E-state index >= 15 is 0 Å². The van der Waals surface area contributed by atoms with Gasteiger partial charge in [0.05, 0.1) is 25.0 Å². The summed E-state index contributed by atoms with van der Waals surface area (Å²) in [6.45, 7) is 2.80. The molecule has 1 heterocycles. The second-order valence-electron chi connectivity index (χ2n) is 4.92. The maximum Gasteiger partial charge on any atom is 0.340 e. The van der Waals surface area contributed by atoms with Crippen molar-refractivity contribution in [1.29, 1.82) is 0 Å². The van der Waals surface area contributed by atoms with Gasteiger partial charge in [0.25, 0.3) is 5.91 Å². The van der Waals surface area contributed by atoms with Crippen LogP contribution in [0.15, 0.2) is 34.8 Å². The van der Waals surface area contributed by atoms with E-state index in [2.05, 4.69) is 11.9 Å². The van der Waals surface area contributed by atoms with Crippen molar-refractivity contribution in [3.8, 4) is 5.75 Å². The lowest BCUT2D eigenvalue weighted by atomic mass is 10.1. The molecule has 0 spiro atoms. The van der Waals surface area contributed by atoms with Crippen molar-refractivity contribution in [2.75, 3.05) is 19.5 Å². The van der Waals surface area contributed by atoms with E-state index in [1.54, 1.807) is 6.08 Å². The van der Waals surface area contributed by atoms with Crippen LogP contribution in [0.1, 0.15) is 25.3 Å². The Bertz CT molecular complexity index is 634. The van der Waals surface area contributed by atoms with Crippen LogP contribution in [0.25, 0.3) is 6.08 Å². The van der Waals surface area contributed by atoms with Gasteiger partial charge in [-0.1, -0.05) is 37.2 Å². The molecule has 1 aromatic carbocycles. The maximum absolute atomic E-state index is 11.9. The van der Waals surface area contributed by atoms with Gasteiger partial charge in [0.15, 0.2) is 0 Å². The van der Waals surface area contributed by atoms with Gasteiger partial charge in [-0.3, -0.25) is 4.79 Å². The lowest BCUT2D eigenvalue weighted by molar-refractivity contribution is -0.135. The Kier molecular flexibility index (Phi) is 6.40. The van der Waals surface area contributed by atoms with E-state index in [0.717, 1.165) is 24.2 Å². The highest BCUT2D eigenvalue weighted by Gasteiger charge is 2.24. The Hall–Kier alpha value is -2.08. The highest BCUT2D eigenvalue weighted by Crippen LogP contribution is 2.23. The maximum atomic E-state index is 11.9. The van der Waals surface area contributed by atoms with Crippen molar-refractivity contribution in [1.82, 2.24) is 0 Å². The first kappa shape index (κ1) is 17.3. The van der Waals surface area contributed by atoms with Crippen LogP contribution >= 0.6 is 11.8 Å². The molecular formula is C17H19NO4S. The van der Waals surface area contributed by atoms with Crippen LogP contribution in [0.3, 0.4) is 0 Å². The summed E-state index contributed by atoms with van der Waals surface area (Å²) in [6.07, 6.45) is 3.77. The average molecular weight is 333 g/mol. The van der Waals surface area contributed by atoms with Gasteiger partial charge in [0, 0.05) is 0 Å². The third-order valence-corrected chi connectivity index (χ3v) is 4.13. The number of esters is 1. The number of methoxy groups -OCH3 is 1. The summed E-state index contributed by atoms with van der Waals surface area (Å²) in [7, 11) is 1.31. The lowest BCUT2D eigenvalue weighted by Crippen LogP contribution is -2.11. The van der Waals surface area contributed by atoms with Crippen LogP contribution in [0.5, 0.6) is 5.75 Å². The van der Waals surface area contributed by atoms with Crippen molar-refractivity contribution in [2.45, 2.75) is 19.8 Å². The minimum absolute atomic E-state index is 0.237. The fourth-order valence-corrected chi connectivity index (χ4v) is 2.71. The van der Waals surface area contributed by atoms with Gasteiger partial charge < -0.3 is 9.47 Å². The van der Waals surface area contributed by atoms with E-state index in [0.29, 0.717) is 17.2 Å². The smallest absolute Gasteiger partial charge is 0.340 e. The van der Waals surface area contributed by atoms with Crippen LogP contribution in [0.4, 0.5) is 0 Å². The van der Waals surface area contributed by atoms with Crippen LogP contribution in [-0.2, 0) is 14.3 Å². The predicted molar refractivity (Wildman–Crippen MR) is 91.7 cm³/mol. The Labute approximate surface area is 139 Å². The van der Waals surface area contributed by atoms with Gasteiger partial charge in [0.2, 0.25) is 0 Å². The molecule has 0 aromatic heterocycles. The quantitative estimate of drug-likeness (QED) is 0.436. The molecule has 0 saturated carbocycles. The lowest BCUT2D eigenvalue weighted by Gasteiger charge is -2.07. The van der Waals surface area contributed by atoms with Crippen LogP contribution in [-0.4, -0.2) is 36.4 Å². The fourth-order valence-electron chi connectivity index (χ4n) is 1.93. The van der Waals surface area contributed by atoms with E-state index in [-0.39, 0.29) is 11.7 Å². The van der Waals surface area contributed by atoms with Gasteiger partial charge in [-0.25, -0.2) is 9.79 Å². The number of amides is 1. The molecular weight excluding hydrogens is 314 g/mol. The summed E-state index contributed by atoms with van der Waals surface area (Å²) in [5.74, 6) is 0.306. The minimum Gasteiger partial charge on any atom is -0.494 e. The van der Waals surface area contributed by atoms with Crippen LogP contribution < -0.4 is 4.74 Å². The van der Waals surface area contributed by atoms with Gasteiger partial charge in [-0.2, -0.15) is 0 Å². The van der Waals surface area contributed by atoms with E-state index in [9.17, 15) is 9.59 Å². The van der Waals surface area contributed by atoms with E-state index < -0.39 is 5.97 Å². The zero-order chi connectivity index (χ0) is 16.7. The minimum atomic E-state index is -0.505. The number of carbonyl (C=O) groups excluding carboxylic acids is 2. The first-order valence-corrected chi connectivity index (χ1v) is 8.40. The number of thioether (sulfide) groups is 1. The van der Waals surface area contributed by atoms with Crippen molar-refractivity contribution in [3.05, 3.63) is 35.4 Å². The summed E-state index contributed by atoms with van der Waals surface area (Å²) >= 11 is 1.24. The van der Waals surface area contributed by atoms with E-state index in [1.165, 1.54) is 18.9 Å². The summed E-state index contributed by atoms with van der Waals surface area (Å²) < 4.78 is 10.4. The summed E-state index contributed by atoms with van der Waals surface area (Å²) in [4.78, 5) is 27.1. The highest BCUT2D eigenvalue weighted by molar-refractivity contribution is 8.15. The molecule has 0 saturated heterocycles. The summed E-state index contributed by atoms with van der Waals surface area (Å²) in [5, 5.41) is 0.408. The van der Waals surface area contributed by atoms with Crippen molar-refractivity contribution < 1.29 is 19.1 Å². The number of aliphatic imine (C=N–C) groups is 1. The van der Waals surface area contributed by atoms with Crippen LogP contribution in [0.2, 0.25) is 0 Å². The monoisotopic (exact) mass is 333 g/mol. The molecule has 0 atom stereocenters. The number of hydrogen-bond donors (Lipinski definition) is 0. The predicted octanol–water partition coefficient (Wildman–Crippen LogP) is 3.09. The van der Waals surface area contributed by atoms with Crippen LogP contribution in [0, 0.1) is 0 Å². The summed E-state index contributed by atoms with van der Waals surface area (Å²) in [5.41, 5.74) is 1.11. The second-order valence-corrected chi connectivity index (χ2v) is 5.88. The van der Waals surface area contributed by atoms with Crippen molar-refractivity contribution >= 4 is 34.8 Å². The second kappa shape index (κ2) is 8.53. The number of ether oxygens (including phenoxy) is 2. The SMILES string of the molecule is CCCCOc1ccc(C=C(C(=O)OC)C2=NC(=O)CS2)cc1. The van der Waals surface area contributed by atoms with E-state index in [4.69, 9.17) is 9.47 Å². The number of unbranched alkanes of at least 4 members (excludes halogenated alkanes) is 1. The molecule has 0 radical (unpaired) electrons. The molecule has 6 heteroatoms. The van der Waals surface area contributed by atoms with E-state index in [1.807, 2.05) is 24.3 Å². The molecule has 1 amide bonds. The molecule has 0 fully saturated rings. The van der Waals surface area contributed by atoms with Gasteiger partial charge in [-0.15, -0.1) is 0 Å². The average Bonchev–Trinajstić information content (AvgIpc) is 2.99.